The van der Waals surface area contributed by atoms with E-state index in [1.807, 2.05) is 6.07 Å². The zero-order valence-electron chi connectivity index (χ0n) is 9.91. The Morgan fingerprint density at radius 3 is 2.63 bits per heavy atom. The van der Waals surface area contributed by atoms with E-state index in [4.69, 9.17) is 0 Å². The van der Waals surface area contributed by atoms with Gasteiger partial charge in [-0.15, -0.1) is 0 Å². The van der Waals surface area contributed by atoms with E-state index in [0.29, 0.717) is 5.56 Å². The van der Waals surface area contributed by atoms with E-state index < -0.39 is 17.7 Å². The molecule has 0 fully saturated rings. The minimum absolute atomic E-state index is 0.138. The lowest BCUT2D eigenvalue weighted by Crippen LogP contribution is -2.13. The van der Waals surface area contributed by atoms with Crippen LogP contribution in [-0.4, -0.2) is 11.7 Å². The largest absolute Gasteiger partial charge is 0.387 e. The zero-order chi connectivity index (χ0) is 13.8. The Labute approximate surface area is 118 Å². The van der Waals surface area contributed by atoms with Crippen molar-refractivity contribution in [2.45, 2.75) is 6.10 Å². The van der Waals surface area contributed by atoms with Crippen LogP contribution >= 0.6 is 15.9 Å². The normalized spacial score (nSPS) is 12.2. The molecule has 0 radical (unpaired) electrons. The Morgan fingerprint density at radius 2 is 1.95 bits per heavy atom. The van der Waals surface area contributed by atoms with Crippen molar-refractivity contribution in [1.82, 2.24) is 0 Å². The molecule has 0 spiro atoms. The molecule has 0 aliphatic heterocycles. The van der Waals surface area contributed by atoms with Crippen LogP contribution in [0.3, 0.4) is 0 Å². The van der Waals surface area contributed by atoms with E-state index in [1.54, 1.807) is 18.2 Å². The Kier molecular flexibility index (Phi) is 4.50. The van der Waals surface area contributed by atoms with E-state index in [1.165, 1.54) is 6.07 Å². The molecule has 2 rings (SSSR count). The van der Waals surface area contributed by atoms with Gasteiger partial charge in [-0.2, -0.15) is 0 Å². The van der Waals surface area contributed by atoms with Crippen LogP contribution in [-0.2, 0) is 0 Å². The van der Waals surface area contributed by atoms with Crippen molar-refractivity contribution in [3.63, 3.8) is 0 Å². The van der Waals surface area contributed by atoms with Crippen LogP contribution in [0.15, 0.2) is 46.9 Å². The molecule has 0 saturated heterocycles. The SMILES string of the molecule is OC(CNc1ccc(F)cc1F)c1cccc(Br)c1. The highest BCUT2D eigenvalue weighted by molar-refractivity contribution is 9.10. The second-order valence-electron chi connectivity index (χ2n) is 4.08. The number of aliphatic hydroxyl groups excluding tert-OH is 1. The third-order valence-corrected chi connectivity index (χ3v) is 3.14. The molecular weight excluding hydrogens is 316 g/mol. The van der Waals surface area contributed by atoms with Crippen molar-refractivity contribution >= 4 is 21.6 Å². The molecule has 5 heteroatoms. The van der Waals surface area contributed by atoms with Gasteiger partial charge in [-0.25, -0.2) is 8.78 Å². The molecule has 0 aliphatic carbocycles. The standard InChI is InChI=1S/C14H12BrF2NO/c15-10-3-1-2-9(6-10)14(19)8-18-13-5-4-11(16)7-12(13)17/h1-7,14,18-19H,8H2. The second-order valence-corrected chi connectivity index (χ2v) is 4.99. The number of aliphatic hydroxyl groups is 1. The van der Waals surface area contributed by atoms with Gasteiger partial charge in [-0.05, 0) is 29.8 Å². The van der Waals surface area contributed by atoms with Gasteiger partial charge < -0.3 is 10.4 Å². The lowest BCUT2D eigenvalue weighted by molar-refractivity contribution is 0.191. The van der Waals surface area contributed by atoms with E-state index >= 15 is 0 Å². The number of nitrogens with one attached hydrogen (secondary N) is 1. The third kappa shape index (κ3) is 3.75. The highest BCUT2D eigenvalue weighted by atomic mass is 79.9. The summed E-state index contributed by atoms with van der Waals surface area (Å²) < 4.78 is 27.0. The molecule has 0 saturated carbocycles. The molecule has 0 bridgehead atoms. The molecule has 1 unspecified atom stereocenters. The van der Waals surface area contributed by atoms with Crippen LogP contribution in [0.5, 0.6) is 0 Å². The lowest BCUT2D eigenvalue weighted by Gasteiger charge is -2.14. The predicted octanol–water partition coefficient (Wildman–Crippen LogP) is 3.87. The second kappa shape index (κ2) is 6.12. The smallest absolute Gasteiger partial charge is 0.149 e. The van der Waals surface area contributed by atoms with Crippen LogP contribution in [0.1, 0.15) is 11.7 Å². The maximum absolute atomic E-state index is 13.4. The van der Waals surface area contributed by atoms with Gasteiger partial charge in [-0.1, -0.05) is 28.1 Å². The van der Waals surface area contributed by atoms with Crippen LogP contribution in [0.2, 0.25) is 0 Å². The summed E-state index contributed by atoms with van der Waals surface area (Å²) in [5, 5.41) is 12.7. The van der Waals surface area contributed by atoms with Crippen LogP contribution in [0.4, 0.5) is 14.5 Å². The summed E-state index contributed by atoms with van der Waals surface area (Å²) in [6, 6.07) is 10.5. The van der Waals surface area contributed by atoms with Crippen molar-refractivity contribution in [3.05, 3.63) is 64.1 Å². The predicted molar refractivity (Wildman–Crippen MR) is 73.9 cm³/mol. The van der Waals surface area contributed by atoms with Crippen molar-refractivity contribution in [2.24, 2.45) is 0 Å². The first-order valence-electron chi connectivity index (χ1n) is 5.69. The Bertz CT molecular complexity index is 577. The minimum atomic E-state index is -0.776. The Balaban J connectivity index is 2.02. The zero-order valence-corrected chi connectivity index (χ0v) is 11.5. The summed E-state index contributed by atoms with van der Waals surface area (Å²) in [6.45, 7) is 0.138. The summed E-state index contributed by atoms with van der Waals surface area (Å²) in [5.74, 6) is -1.31. The van der Waals surface area contributed by atoms with E-state index in [2.05, 4.69) is 21.2 Å². The topological polar surface area (TPSA) is 32.3 Å². The molecule has 0 heterocycles. The minimum Gasteiger partial charge on any atom is -0.387 e. The van der Waals surface area contributed by atoms with Gasteiger partial charge in [-0.3, -0.25) is 0 Å². The van der Waals surface area contributed by atoms with E-state index in [-0.39, 0.29) is 12.2 Å². The highest BCUT2D eigenvalue weighted by Gasteiger charge is 2.09. The van der Waals surface area contributed by atoms with Gasteiger partial charge in [0.15, 0.2) is 0 Å². The molecule has 1 atom stereocenters. The van der Waals surface area contributed by atoms with Crippen molar-refractivity contribution in [3.8, 4) is 0 Å². The molecule has 2 nitrogen and oxygen atoms in total. The first-order valence-corrected chi connectivity index (χ1v) is 6.48. The van der Waals surface area contributed by atoms with Crippen LogP contribution in [0.25, 0.3) is 0 Å². The third-order valence-electron chi connectivity index (χ3n) is 2.65. The highest BCUT2D eigenvalue weighted by Crippen LogP contribution is 2.20. The summed E-state index contributed by atoms with van der Waals surface area (Å²) in [6.07, 6.45) is -0.776. The molecule has 2 aromatic carbocycles. The van der Waals surface area contributed by atoms with E-state index in [0.717, 1.165) is 16.6 Å². The number of hydrogen-bond donors (Lipinski definition) is 2. The Hall–Kier alpha value is -1.46. The fraction of sp³-hybridized carbons (Fsp3) is 0.143. The number of halogens is 3. The molecule has 2 aromatic rings. The first-order chi connectivity index (χ1) is 9.06. The summed E-state index contributed by atoms with van der Waals surface area (Å²) in [5.41, 5.74) is 0.875. The summed E-state index contributed by atoms with van der Waals surface area (Å²) in [4.78, 5) is 0. The van der Waals surface area contributed by atoms with Crippen LogP contribution in [0, 0.1) is 11.6 Å². The lowest BCUT2D eigenvalue weighted by atomic mass is 10.1. The number of hydrogen-bond acceptors (Lipinski definition) is 2. The molecule has 100 valence electrons. The fourth-order valence-electron chi connectivity index (χ4n) is 1.67. The quantitative estimate of drug-likeness (QED) is 0.893. The maximum atomic E-state index is 13.4. The molecule has 0 amide bonds. The molecule has 2 N–H and O–H groups in total. The number of rotatable bonds is 4. The van der Waals surface area contributed by atoms with Gasteiger partial charge in [0.25, 0.3) is 0 Å². The molecule has 19 heavy (non-hydrogen) atoms. The van der Waals surface area contributed by atoms with E-state index in [9.17, 15) is 13.9 Å². The van der Waals surface area contributed by atoms with Gasteiger partial charge in [0.05, 0.1) is 11.8 Å². The molecular formula is C14H12BrF2NO. The van der Waals surface area contributed by atoms with Crippen molar-refractivity contribution < 1.29 is 13.9 Å². The first kappa shape index (κ1) is 14.0. The van der Waals surface area contributed by atoms with Gasteiger partial charge in [0.2, 0.25) is 0 Å². The van der Waals surface area contributed by atoms with Crippen molar-refractivity contribution in [1.29, 1.82) is 0 Å². The van der Waals surface area contributed by atoms with Gasteiger partial charge in [0.1, 0.15) is 11.6 Å². The average molecular weight is 328 g/mol. The van der Waals surface area contributed by atoms with Crippen LogP contribution < -0.4 is 5.32 Å². The van der Waals surface area contributed by atoms with Gasteiger partial charge in [0, 0.05) is 17.1 Å². The van der Waals surface area contributed by atoms with Gasteiger partial charge >= 0.3 is 0 Å². The average Bonchev–Trinajstić information content (AvgIpc) is 2.37. The Morgan fingerprint density at radius 1 is 1.16 bits per heavy atom. The summed E-state index contributed by atoms with van der Waals surface area (Å²) >= 11 is 3.31. The number of anilines is 1. The molecule has 0 aliphatic rings. The summed E-state index contributed by atoms with van der Waals surface area (Å²) in [7, 11) is 0. The fourth-order valence-corrected chi connectivity index (χ4v) is 2.09. The monoisotopic (exact) mass is 327 g/mol. The molecule has 0 aromatic heterocycles. The number of benzene rings is 2. The van der Waals surface area contributed by atoms with Crippen molar-refractivity contribution in [2.75, 3.05) is 11.9 Å². The maximum Gasteiger partial charge on any atom is 0.149 e.